The maximum Gasteiger partial charge on any atom is 0.574 e. The summed E-state index contributed by atoms with van der Waals surface area (Å²) in [5, 5.41) is 8.59. The third-order valence-corrected chi connectivity index (χ3v) is 1.63. The number of halogens is 4. The van der Waals surface area contributed by atoms with Crippen LogP contribution in [-0.2, 0) is 6.67 Å². The van der Waals surface area contributed by atoms with E-state index >= 15 is 0 Å². The maximum absolute atomic E-state index is 12.5. The van der Waals surface area contributed by atoms with Crippen molar-refractivity contribution in [1.82, 2.24) is 4.98 Å². The lowest BCUT2D eigenvalue weighted by atomic mass is 10.1. The Kier molecular flexibility index (Phi) is 3.17. The predicted molar refractivity (Wildman–Crippen MR) is 44.9 cm³/mol. The summed E-state index contributed by atoms with van der Waals surface area (Å²) in [7, 11) is 0. The van der Waals surface area contributed by atoms with E-state index < -0.39 is 30.0 Å². The molecule has 1 aromatic heterocycles. The molecule has 1 rings (SSSR count). The van der Waals surface area contributed by atoms with Crippen LogP contribution in [0.3, 0.4) is 0 Å². The molecule has 0 bridgehead atoms. The molecule has 0 saturated carbocycles. The first-order valence-electron chi connectivity index (χ1n) is 3.88. The molecule has 0 aliphatic rings. The van der Waals surface area contributed by atoms with Crippen LogP contribution in [0, 0.1) is 11.3 Å². The average Bonchev–Trinajstić information content (AvgIpc) is 2.18. The number of alkyl halides is 4. The minimum Gasteiger partial charge on any atom is -0.396 e. The van der Waals surface area contributed by atoms with Crippen LogP contribution >= 0.6 is 0 Å². The molecule has 0 unspecified atom stereocenters. The topological polar surface area (TPSA) is 71.9 Å². The van der Waals surface area contributed by atoms with Crippen LogP contribution in [-0.4, -0.2) is 11.3 Å². The number of nitrogens with zero attached hydrogens (tertiary/aromatic N) is 2. The van der Waals surface area contributed by atoms with Crippen molar-refractivity contribution in [3.8, 4) is 11.9 Å². The van der Waals surface area contributed by atoms with E-state index in [0.717, 1.165) is 6.20 Å². The molecule has 0 aromatic carbocycles. The van der Waals surface area contributed by atoms with Gasteiger partial charge in [0.25, 0.3) is 0 Å². The van der Waals surface area contributed by atoms with Crippen molar-refractivity contribution in [3.05, 3.63) is 17.3 Å². The lowest BCUT2D eigenvalue weighted by molar-refractivity contribution is -0.276. The van der Waals surface area contributed by atoms with E-state index in [9.17, 15) is 17.6 Å². The summed E-state index contributed by atoms with van der Waals surface area (Å²) < 4.78 is 51.6. The Hall–Kier alpha value is -2.04. The van der Waals surface area contributed by atoms with Gasteiger partial charge < -0.3 is 10.5 Å². The zero-order valence-electron chi connectivity index (χ0n) is 7.68. The fourth-order valence-electron chi connectivity index (χ4n) is 1.01. The normalized spacial score (nSPS) is 10.9. The molecule has 1 heterocycles. The van der Waals surface area contributed by atoms with Crippen molar-refractivity contribution < 1.29 is 22.3 Å². The molecule has 0 fully saturated rings. The zero-order chi connectivity index (χ0) is 12.3. The van der Waals surface area contributed by atoms with Crippen LogP contribution in [0.15, 0.2) is 6.20 Å². The Bertz CT molecular complexity index is 438. The van der Waals surface area contributed by atoms with Crippen molar-refractivity contribution in [3.63, 3.8) is 0 Å². The maximum atomic E-state index is 12.5. The van der Waals surface area contributed by atoms with Gasteiger partial charge in [-0.2, -0.15) is 5.26 Å². The third-order valence-electron chi connectivity index (χ3n) is 1.63. The fraction of sp³-hybridized carbons (Fsp3) is 0.250. The minimum atomic E-state index is -5.00. The van der Waals surface area contributed by atoms with Crippen molar-refractivity contribution >= 4 is 5.69 Å². The Balaban J connectivity index is 3.26. The first-order valence-corrected chi connectivity index (χ1v) is 3.88. The van der Waals surface area contributed by atoms with Crippen LogP contribution in [0.2, 0.25) is 0 Å². The summed E-state index contributed by atoms with van der Waals surface area (Å²) >= 11 is 0. The molecule has 0 atom stereocenters. The number of ether oxygens (including phenoxy) is 1. The van der Waals surface area contributed by atoms with Gasteiger partial charge in [-0.15, -0.1) is 13.2 Å². The average molecular weight is 235 g/mol. The van der Waals surface area contributed by atoms with Gasteiger partial charge in [0.15, 0.2) is 0 Å². The zero-order valence-corrected chi connectivity index (χ0v) is 7.68. The highest BCUT2D eigenvalue weighted by Gasteiger charge is 2.33. The van der Waals surface area contributed by atoms with Gasteiger partial charge in [-0.3, -0.25) is 0 Å². The van der Waals surface area contributed by atoms with E-state index in [1.54, 1.807) is 0 Å². The molecular formula is C8H5F4N3O. The smallest absolute Gasteiger partial charge is 0.396 e. The van der Waals surface area contributed by atoms with Crippen molar-refractivity contribution in [2.24, 2.45) is 0 Å². The molecular weight excluding hydrogens is 230 g/mol. The van der Waals surface area contributed by atoms with E-state index in [1.165, 1.54) is 6.07 Å². The highest BCUT2D eigenvalue weighted by molar-refractivity contribution is 5.59. The molecule has 16 heavy (non-hydrogen) atoms. The van der Waals surface area contributed by atoms with Gasteiger partial charge in [0, 0.05) is 0 Å². The number of anilines is 1. The second-order valence-electron chi connectivity index (χ2n) is 2.67. The molecule has 0 aliphatic heterocycles. The van der Waals surface area contributed by atoms with E-state index in [0.29, 0.717) is 0 Å². The van der Waals surface area contributed by atoms with Gasteiger partial charge in [-0.1, -0.05) is 0 Å². The molecule has 0 radical (unpaired) electrons. The number of aromatic nitrogens is 1. The fourth-order valence-corrected chi connectivity index (χ4v) is 1.01. The Morgan fingerprint density at radius 1 is 1.50 bits per heavy atom. The van der Waals surface area contributed by atoms with E-state index in [4.69, 9.17) is 11.0 Å². The summed E-state index contributed by atoms with van der Waals surface area (Å²) in [5.41, 5.74) is 4.03. The van der Waals surface area contributed by atoms with Crippen molar-refractivity contribution in [2.75, 3.05) is 5.73 Å². The monoisotopic (exact) mass is 235 g/mol. The van der Waals surface area contributed by atoms with Crippen LogP contribution < -0.4 is 10.5 Å². The largest absolute Gasteiger partial charge is 0.574 e. The second kappa shape index (κ2) is 4.22. The second-order valence-corrected chi connectivity index (χ2v) is 2.67. The van der Waals surface area contributed by atoms with Crippen molar-refractivity contribution in [2.45, 2.75) is 13.0 Å². The number of nitrogens with two attached hydrogens (primary N) is 1. The number of pyridine rings is 1. The molecule has 0 aliphatic carbocycles. The molecule has 0 spiro atoms. The number of nitriles is 1. The lowest BCUT2D eigenvalue weighted by Crippen LogP contribution is -2.19. The minimum absolute atomic E-state index is 0.204. The standard InChI is InChI=1S/C8H5F4N3O/c9-1-4-5(2-13)6(14)3-15-7(4)16-8(10,11)12/h3H,1,14H2. The molecule has 4 nitrogen and oxygen atoms in total. The molecule has 8 heteroatoms. The van der Waals surface area contributed by atoms with Crippen LogP contribution in [0.4, 0.5) is 23.2 Å². The Labute approximate surface area is 87.3 Å². The number of hydrogen-bond donors (Lipinski definition) is 1. The quantitative estimate of drug-likeness (QED) is 0.794. The highest BCUT2D eigenvalue weighted by Crippen LogP contribution is 2.29. The van der Waals surface area contributed by atoms with Gasteiger partial charge in [-0.05, 0) is 0 Å². The Morgan fingerprint density at radius 2 is 2.12 bits per heavy atom. The highest BCUT2D eigenvalue weighted by atomic mass is 19.4. The molecule has 86 valence electrons. The van der Waals surface area contributed by atoms with Crippen LogP contribution in [0.1, 0.15) is 11.1 Å². The van der Waals surface area contributed by atoms with E-state index in [-0.39, 0.29) is 5.69 Å². The summed E-state index contributed by atoms with van der Waals surface area (Å²) in [6.45, 7) is -1.33. The first kappa shape index (κ1) is 12.0. The molecule has 0 saturated heterocycles. The van der Waals surface area contributed by atoms with E-state index in [2.05, 4.69) is 9.72 Å². The first-order chi connectivity index (χ1) is 7.39. The third kappa shape index (κ3) is 2.50. The molecule has 1 aromatic rings. The summed E-state index contributed by atoms with van der Waals surface area (Å²) in [6.07, 6.45) is -4.20. The molecule has 0 amide bonds. The number of hydrogen-bond acceptors (Lipinski definition) is 4. The number of nitrogen functional groups attached to an aromatic ring is 1. The van der Waals surface area contributed by atoms with Crippen LogP contribution in [0.5, 0.6) is 5.88 Å². The van der Waals surface area contributed by atoms with E-state index in [1.807, 2.05) is 0 Å². The van der Waals surface area contributed by atoms with Gasteiger partial charge in [0.2, 0.25) is 5.88 Å². The summed E-state index contributed by atoms with van der Waals surface area (Å²) in [6, 6.07) is 1.49. The van der Waals surface area contributed by atoms with Gasteiger partial charge in [0.05, 0.1) is 23.0 Å². The summed E-state index contributed by atoms with van der Waals surface area (Å²) in [4.78, 5) is 3.18. The van der Waals surface area contributed by atoms with Gasteiger partial charge in [-0.25, -0.2) is 9.37 Å². The lowest BCUT2D eigenvalue weighted by Gasteiger charge is -2.12. The SMILES string of the molecule is N#Cc1c(N)cnc(OC(F)(F)F)c1CF. The summed E-state index contributed by atoms with van der Waals surface area (Å²) in [5.74, 6) is -0.999. The van der Waals surface area contributed by atoms with Gasteiger partial charge >= 0.3 is 6.36 Å². The molecule has 2 N–H and O–H groups in total. The Morgan fingerprint density at radius 3 is 2.56 bits per heavy atom. The van der Waals surface area contributed by atoms with Gasteiger partial charge in [0.1, 0.15) is 12.7 Å². The van der Waals surface area contributed by atoms with Crippen LogP contribution in [0.25, 0.3) is 0 Å². The predicted octanol–water partition coefficient (Wildman–Crippen LogP) is 1.90. The van der Waals surface area contributed by atoms with Crippen molar-refractivity contribution in [1.29, 1.82) is 5.26 Å². The number of rotatable bonds is 2.